The van der Waals surface area contributed by atoms with E-state index in [-0.39, 0.29) is 0 Å². The second-order valence-electron chi connectivity index (χ2n) is 5.87. The Hall–Kier alpha value is -3.32. The van der Waals surface area contributed by atoms with Crippen LogP contribution in [-0.4, -0.2) is 30.6 Å². The number of aryl methyl sites for hydroxylation is 1. The molecular weight excluding hydrogens is 384 g/mol. The number of carbonyl (C=O) groups is 2. The molecule has 8 heteroatoms. The van der Waals surface area contributed by atoms with E-state index in [4.69, 9.17) is 25.5 Å². The molecule has 1 aromatic heterocycles. The molecule has 1 amide bonds. The molecule has 0 saturated heterocycles. The van der Waals surface area contributed by atoms with Gasteiger partial charge in [0.05, 0.1) is 24.6 Å². The van der Waals surface area contributed by atoms with Gasteiger partial charge in [0.15, 0.2) is 18.8 Å². The van der Waals surface area contributed by atoms with Gasteiger partial charge in [-0.15, -0.1) is 0 Å². The van der Waals surface area contributed by atoms with E-state index in [0.717, 1.165) is 11.1 Å². The fraction of sp³-hybridized carbons (Fsp3) is 0.150. The maximum Gasteiger partial charge on any atom is 0.338 e. The monoisotopic (exact) mass is 400 g/mol. The first-order valence-electron chi connectivity index (χ1n) is 8.28. The van der Waals surface area contributed by atoms with E-state index in [1.54, 1.807) is 49.5 Å². The van der Waals surface area contributed by atoms with Gasteiger partial charge in [0.25, 0.3) is 5.91 Å². The van der Waals surface area contributed by atoms with Crippen molar-refractivity contribution in [2.75, 3.05) is 19.0 Å². The van der Waals surface area contributed by atoms with Crippen molar-refractivity contribution in [3.8, 4) is 17.1 Å². The Balaban J connectivity index is 1.59. The smallest absolute Gasteiger partial charge is 0.338 e. The number of rotatable bonds is 6. The number of oxazole rings is 1. The SMILES string of the molecule is COc1cc(Cl)c(C)cc1NC(=O)COC(=O)c1ccc(-c2cnco2)cc1. The van der Waals surface area contributed by atoms with Gasteiger partial charge in [0, 0.05) is 16.7 Å². The zero-order chi connectivity index (χ0) is 20.1. The zero-order valence-electron chi connectivity index (χ0n) is 15.2. The molecule has 0 spiro atoms. The summed E-state index contributed by atoms with van der Waals surface area (Å²) in [6, 6.07) is 9.88. The first kappa shape index (κ1) is 19.4. The number of hydrogen-bond acceptors (Lipinski definition) is 6. The number of amides is 1. The third-order valence-corrected chi connectivity index (χ3v) is 4.33. The summed E-state index contributed by atoms with van der Waals surface area (Å²) in [5.74, 6) is -0.102. The predicted octanol–water partition coefficient (Wildman–Crippen LogP) is 4.11. The van der Waals surface area contributed by atoms with Gasteiger partial charge in [-0.3, -0.25) is 4.79 Å². The van der Waals surface area contributed by atoms with Crippen molar-refractivity contribution in [1.82, 2.24) is 4.98 Å². The Labute approximate surface area is 166 Å². The fourth-order valence-corrected chi connectivity index (χ4v) is 2.61. The van der Waals surface area contributed by atoms with Crippen molar-refractivity contribution in [2.24, 2.45) is 0 Å². The highest BCUT2D eigenvalue weighted by atomic mass is 35.5. The molecule has 7 nitrogen and oxygen atoms in total. The highest BCUT2D eigenvalue weighted by Gasteiger charge is 2.14. The molecule has 0 aliphatic rings. The second-order valence-corrected chi connectivity index (χ2v) is 6.28. The van der Waals surface area contributed by atoms with Gasteiger partial charge in [-0.1, -0.05) is 23.7 Å². The van der Waals surface area contributed by atoms with E-state index in [9.17, 15) is 9.59 Å². The van der Waals surface area contributed by atoms with Gasteiger partial charge in [-0.25, -0.2) is 9.78 Å². The largest absolute Gasteiger partial charge is 0.495 e. The van der Waals surface area contributed by atoms with Crippen molar-refractivity contribution >= 4 is 29.2 Å². The first-order valence-corrected chi connectivity index (χ1v) is 8.65. The number of benzene rings is 2. The Morgan fingerprint density at radius 2 is 1.96 bits per heavy atom. The van der Waals surface area contributed by atoms with E-state index in [1.165, 1.54) is 13.5 Å². The van der Waals surface area contributed by atoms with E-state index in [1.807, 2.05) is 0 Å². The van der Waals surface area contributed by atoms with Crippen LogP contribution in [-0.2, 0) is 9.53 Å². The van der Waals surface area contributed by atoms with Crippen LogP contribution in [0.3, 0.4) is 0 Å². The van der Waals surface area contributed by atoms with Crippen molar-refractivity contribution in [3.05, 3.63) is 65.1 Å². The van der Waals surface area contributed by atoms with Crippen LogP contribution < -0.4 is 10.1 Å². The van der Waals surface area contributed by atoms with Crippen LogP contribution in [0.15, 0.2) is 53.4 Å². The average molecular weight is 401 g/mol. The van der Waals surface area contributed by atoms with Crippen LogP contribution >= 0.6 is 11.6 Å². The van der Waals surface area contributed by atoms with Crippen LogP contribution in [0.4, 0.5) is 5.69 Å². The van der Waals surface area contributed by atoms with Crippen molar-refractivity contribution < 1.29 is 23.5 Å². The second kappa shape index (κ2) is 8.58. The van der Waals surface area contributed by atoms with E-state index in [2.05, 4.69) is 10.3 Å². The predicted molar refractivity (Wildman–Crippen MR) is 104 cm³/mol. The molecule has 0 atom stereocenters. The molecule has 0 unspecified atom stereocenters. The van der Waals surface area contributed by atoms with Gasteiger partial charge in [0.2, 0.25) is 0 Å². The minimum absolute atomic E-state index is 0.316. The minimum atomic E-state index is -0.612. The molecule has 3 rings (SSSR count). The quantitative estimate of drug-likeness (QED) is 0.626. The number of anilines is 1. The molecule has 144 valence electrons. The van der Waals surface area contributed by atoms with Crippen LogP contribution in [0, 0.1) is 6.92 Å². The molecule has 2 aromatic carbocycles. The third-order valence-electron chi connectivity index (χ3n) is 3.93. The third kappa shape index (κ3) is 4.50. The van der Waals surface area contributed by atoms with Gasteiger partial charge in [-0.05, 0) is 30.7 Å². The van der Waals surface area contributed by atoms with Crippen molar-refractivity contribution in [2.45, 2.75) is 6.92 Å². The lowest BCUT2D eigenvalue weighted by Gasteiger charge is -2.12. The molecular formula is C20H17ClN2O5. The summed E-state index contributed by atoms with van der Waals surface area (Å²) in [4.78, 5) is 28.1. The molecule has 0 fully saturated rings. The number of hydrogen-bond donors (Lipinski definition) is 1. The number of aromatic nitrogens is 1. The zero-order valence-corrected chi connectivity index (χ0v) is 15.9. The normalized spacial score (nSPS) is 10.4. The van der Waals surface area contributed by atoms with E-state index in [0.29, 0.717) is 27.8 Å². The Kier molecular flexibility index (Phi) is 5.96. The summed E-state index contributed by atoms with van der Waals surface area (Å²) >= 11 is 6.04. The summed E-state index contributed by atoms with van der Waals surface area (Å²) in [5.41, 5.74) is 2.32. The Morgan fingerprint density at radius 3 is 2.61 bits per heavy atom. The minimum Gasteiger partial charge on any atom is -0.495 e. The number of halogens is 1. The summed E-state index contributed by atoms with van der Waals surface area (Å²) in [7, 11) is 1.47. The molecule has 1 heterocycles. The van der Waals surface area contributed by atoms with Crippen LogP contribution in [0.5, 0.6) is 5.75 Å². The fourth-order valence-electron chi connectivity index (χ4n) is 2.46. The highest BCUT2D eigenvalue weighted by molar-refractivity contribution is 6.31. The lowest BCUT2D eigenvalue weighted by atomic mass is 10.1. The summed E-state index contributed by atoms with van der Waals surface area (Å²) < 4.78 is 15.5. The van der Waals surface area contributed by atoms with Gasteiger partial charge in [-0.2, -0.15) is 0 Å². The van der Waals surface area contributed by atoms with Gasteiger partial charge >= 0.3 is 5.97 Å². The molecule has 0 saturated carbocycles. The van der Waals surface area contributed by atoms with Crippen LogP contribution in [0.1, 0.15) is 15.9 Å². The number of nitrogens with zero attached hydrogens (tertiary/aromatic N) is 1. The molecule has 1 N–H and O–H groups in total. The number of ether oxygens (including phenoxy) is 2. The highest BCUT2D eigenvalue weighted by Crippen LogP contribution is 2.30. The Bertz CT molecular complexity index is 985. The topological polar surface area (TPSA) is 90.7 Å². The molecule has 28 heavy (non-hydrogen) atoms. The molecule has 0 aliphatic carbocycles. The standard InChI is InChI=1S/C20H17ClN2O5/c1-12-7-16(17(26-2)8-15(12)21)23-19(24)10-27-20(25)14-5-3-13(4-6-14)18-9-22-11-28-18/h3-9,11H,10H2,1-2H3,(H,23,24). The van der Waals surface area contributed by atoms with Gasteiger partial charge in [0.1, 0.15) is 5.75 Å². The number of nitrogens with one attached hydrogen (secondary N) is 1. The summed E-state index contributed by atoms with van der Waals surface area (Å²) in [6.45, 7) is 1.37. The maximum absolute atomic E-state index is 12.1. The molecule has 0 aliphatic heterocycles. The van der Waals surface area contributed by atoms with Crippen molar-refractivity contribution in [1.29, 1.82) is 0 Å². The first-order chi connectivity index (χ1) is 13.5. The molecule has 0 radical (unpaired) electrons. The lowest BCUT2D eigenvalue weighted by molar-refractivity contribution is -0.119. The van der Waals surface area contributed by atoms with Gasteiger partial charge < -0.3 is 19.2 Å². The summed E-state index contributed by atoms with van der Waals surface area (Å²) in [6.07, 6.45) is 2.90. The number of carbonyl (C=O) groups excluding carboxylic acids is 2. The van der Waals surface area contributed by atoms with E-state index < -0.39 is 18.5 Å². The Morgan fingerprint density at radius 1 is 1.21 bits per heavy atom. The van der Waals surface area contributed by atoms with Crippen molar-refractivity contribution in [3.63, 3.8) is 0 Å². The summed E-state index contributed by atoms with van der Waals surface area (Å²) in [5, 5.41) is 3.17. The maximum atomic E-state index is 12.1. The van der Waals surface area contributed by atoms with E-state index >= 15 is 0 Å². The number of esters is 1. The number of methoxy groups -OCH3 is 1. The van der Waals surface area contributed by atoms with Crippen LogP contribution in [0.25, 0.3) is 11.3 Å². The molecule has 0 bridgehead atoms. The lowest BCUT2D eigenvalue weighted by Crippen LogP contribution is -2.21. The molecule has 3 aromatic rings. The average Bonchev–Trinajstić information content (AvgIpc) is 3.23. The van der Waals surface area contributed by atoms with Crippen LogP contribution in [0.2, 0.25) is 5.02 Å².